The predicted octanol–water partition coefficient (Wildman–Crippen LogP) is -0.966. The highest BCUT2D eigenvalue weighted by Crippen LogP contribution is 2.40. The second-order valence-electron chi connectivity index (χ2n) is 3.31. The molecule has 1 fully saturated rings. The van der Waals surface area contributed by atoms with E-state index in [4.69, 9.17) is 5.11 Å². The molecule has 0 amide bonds. The Morgan fingerprint density at radius 2 is 2.08 bits per heavy atom. The van der Waals surface area contributed by atoms with Crippen LogP contribution in [0, 0.1) is 5.41 Å². The highest BCUT2D eigenvalue weighted by molar-refractivity contribution is 7.87. The minimum Gasteiger partial charge on any atom is -0.481 e. The number of nitrogens with two attached hydrogens (primary N) is 1. The van der Waals surface area contributed by atoms with Gasteiger partial charge in [0, 0.05) is 6.54 Å². The van der Waals surface area contributed by atoms with Gasteiger partial charge in [0.2, 0.25) is 0 Å². The van der Waals surface area contributed by atoms with Crippen molar-refractivity contribution in [2.24, 2.45) is 10.6 Å². The van der Waals surface area contributed by atoms with Gasteiger partial charge in [0.15, 0.2) is 0 Å². The lowest BCUT2D eigenvalue weighted by molar-refractivity contribution is -0.153. The van der Waals surface area contributed by atoms with Crippen molar-refractivity contribution in [3.8, 4) is 0 Å². The van der Waals surface area contributed by atoms with Gasteiger partial charge in [-0.05, 0) is 12.8 Å². The lowest BCUT2D eigenvalue weighted by Gasteiger charge is -2.37. The van der Waals surface area contributed by atoms with Crippen LogP contribution in [-0.2, 0) is 15.0 Å². The molecule has 1 aliphatic carbocycles. The fraction of sp³-hybridized carbons (Fsp3) is 0.833. The Kier molecular flexibility index (Phi) is 2.60. The number of carboxylic acids is 1. The molecule has 0 unspecified atom stereocenters. The molecule has 1 aliphatic rings. The molecule has 0 aliphatic heterocycles. The summed E-state index contributed by atoms with van der Waals surface area (Å²) in [6, 6.07) is 0. The molecule has 0 saturated heterocycles. The summed E-state index contributed by atoms with van der Waals surface area (Å²) in [6.07, 6.45) is 1.83. The first kappa shape index (κ1) is 10.4. The number of aliphatic carboxylic acids is 1. The van der Waals surface area contributed by atoms with E-state index >= 15 is 0 Å². The summed E-state index contributed by atoms with van der Waals surface area (Å²) in [6.45, 7) is -0.110. The van der Waals surface area contributed by atoms with Crippen LogP contribution in [0.5, 0.6) is 0 Å². The quantitative estimate of drug-likeness (QED) is 0.552. The second-order valence-corrected chi connectivity index (χ2v) is 4.68. The number of carboxylic acid groups (broad SMARTS) is 1. The zero-order chi connectivity index (χ0) is 10.1. The standard InChI is InChI=1S/C6H12N2O4S/c7-13(11,12)8-4-6(5(9)10)2-1-3-6/h8H,1-4H2,(H,9,10)(H2,7,11,12). The third-order valence-electron chi connectivity index (χ3n) is 2.38. The third kappa shape index (κ3) is 2.39. The summed E-state index contributed by atoms with van der Waals surface area (Å²) >= 11 is 0. The first-order chi connectivity index (χ1) is 5.86. The Morgan fingerprint density at radius 3 is 2.31 bits per heavy atom. The van der Waals surface area contributed by atoms with Gasteiger partial charge in [-0.2, -0.15) is 8.42 Å². The Hall–Kier alpha value is -0.660. The topological polar surface area (TPSA) is 109 Å². The maximum atomic E-state index is 10.7. The largest absolute Gasteiger partial charge is 0.481 e. The molecule has 6 nitrogen and oxygen atoms in total. The van der Waals surface area contributed by atoms with Gasteiger partial charge in [-0.25, -0.2) is 9.86 Å². The molecule has 0 heterocycles. The van der Waals surface area contributed by atoms with Crippen molar-refractivity contribution in [1.82, 2.24) is 4.72 Å². The van der Waals surface area contributed by atoms with Crippen LogP contribution in [-0.4, -0.2) is 26.0 Å². The molecule has 1 saturated carbocycles. The first-order valence-electron chi connectivity index (χ1n) is 3.87. The van der Waals surface area contributed by atoms with Gasteiger partial charge >= 0.3 is 5.97 Å². The maximum absolute atomic E-state index is 10.7. The van der Waals surface area contributed by atoms with Crippen LogP contribution in [0.25, 0.3) is 0 Å². The van der Waals surface area contributed by atoms with Gasteiger partial charge in [-0.1, -0.05) is 6.42 Å². The molecule has 0 spiro atoms. The van der Waals surface area contributed by atoms with Crippen LogP contribution >= 0.6 is 0 Å². The van der Waals surface area contributed by atoms with E-state index in [9.17, 15) is 13.2 Å². The van der Waals surface area contributed by atoms with E-state index < -0.39 is 21.6 Å². The van der Waals surface area contributed by atoms with E-state index in [0.29, 0.717) is 12.8 Å². The normalized spacial score (nSPS) is 20.7. The Balaban J connectivity index is 2.56. The highest BCUT2D eigenvalue weighted by Gasteiger charge is 2.44. The molecule has 4 N–H and O–H groups in total. The maximum Gasteiger partial charge on any atom is 0.310 e. The molecule has 0 aromatic carbocycles. The molecule has 0 bridgehead atoms. The molecule has 0 radical (unpaired) electrons. The fourth-order valence-electron chi connectivity index (χ4n) is 1.31. The van der Waals surface area contributed by atoms with Crippen molar-refractivity contribution in [1.29, 1.82) is 0 Å². The molecular formula is C6H12N2O4S. The fourth-order valence-corrected chi connectivity index (χ4v) is 1.79. The van der Waals surface area contributed by atoms with Crippen molar-refractivity contribution in [2.45, 2.75) is 19.3 Å². The Morgan fingerprint density at radius 1 is 1.54 bits per heavy atom. The number of rotatable bonds is 4. The smallest absolute Gasteiger partial charge is 0.310 e. The highest BCUT2D eigenvalue weighted by atomic mass is 32.2. The predicted molar refractivity (Wildman–Crippen MR) is 45.0 cm³/mol. The molecule has 13 heavy (non-hydrogen) atoms. The van der Waals surface area contributed by atoms with Crippen molar-refractivity contribution in [3.63, 3.8) is 0 Å². The monoisotopic (exact) mass is 208 g/mol. The summed E-state index contributed by atoms with van der Waals surface area (Å²) in [4.78, 5) is 10.7. The molecule has 1 rings (SSSR count). The lowest BCUT2D eigenvalue weighted by Crippen LogP contribution is -2.48. The second kappa shape index (κ2) is 3.24. The van der Waals surface area contributed by atoms with Gasteiger partial charge < -0.3 is 5.11 Å². The van der Waals surface area contributed by atoms with E-state index in [0.717, 1.165) is 6.42 Å². The van der Waals surface area contributed by atoms with Crippen LogP contribution in [0.2, 0.25) is 0 Å². The molecular weight excluding hydrogens is 196 g/mol. The van der Waals surface area contributed by atoms with Gasteiger partial charge in [0.25, 0.3) is 10.2 Å². The number of nitrogens with one attached hydrogen (secondary N) is 1. The van der Waals surface area contributed by atoms with E-state index in [1.54, 1.807) is 0 Å². The van der Waals surface area contributed by atoms with Gasteiger partial charge in [0.1, 0.15) is 0 Å². The Bertz CT molecular complexity index is 307. The van der Waals surface area contributed by atoms with E-state index in [-0.39, 0.29) is 6.54 Å². The number of hydrogen-bond donors (Lipinski definition) is 3. The van der Waals surface area contributed by atoms with Crippen LogP contribution in [0.1, 0.15) is 19.3 Å². The van der Waals surface area contributed by atoms with E-state index in [2.05, 4.69) is 5.14 Å². The van der Waals surface area contributed by atoms with E-state index in [1.807, 2.05) is 4.72 Å². The average Bonchev–Trinajstić information content (AvgIpc) is 1.80. The van der Waals surface area contributed by atoms with Crippen LogP contribution in [0.3, 0.4) is 0 Å². The zero-order valence-electron chi connectivity index (χ0n) is 6.99. The molecule has 0 aromatic heterocycles. The summed E-state index contributed by atoms with van der Waals surface area (Å²) in [5.74, 6) is -0.963. The summed E-state index contributed by atoms with van der Waals surface area (Å²) < 4.78 is 23.0. The van der Waals surface area contributed by atoms with Crippen LogP contribution in [0.4, 0.5) is 0 Å². The minimum atomic E-state index is -3.78. The van der Waals surface area contributed by atoms with Crippen molar-refractivity contribution in [3.05, 3.63) is 0 Å². The molecule has 76 valence electrons. The summed E-state index contributed by atoms with van der Waals surface area (Å²) in [5.41, 5.74) is -0.924. The minimum absolute atomic E-state index is 0.110. The van der Waals surface area contributed by atoms with Crippen LogP contribution < -0.4 is 9.86 Å². The molecule has 0 aromatic rings. The Labute approximate surface area is 76.3 Å². The zero-order valence-corrected chi connectivity index (χ0v) is 7.80. The van der Waals surface area contributed by atoms with E-state index in [1.165, 1.54) is 0 Å². The number of carbonyl (C=O) groups is 1. The van der Waals surface area contributed by atoms with Crippen LogP contribution in [0.15, 0.2) is 0 Å². The van der Waals surface area contributed by atoms with Crippen molar-refractivity contribution < 1.29 is 18.3 Å². The first-order valence-corrected chi connectivity index (χ1v) is 5.41. The molecule has 7 heteroatoms. The molecule has 0 atom stereocenters. The van der Waals surface area contributed by atoms with Crippen molar-refractivity contribution in [2.75, 3.05) is 6.54 Å². The SMILES string of the molecule is NS(=O)(=O)NCC1(C(=O)O)CCC1. The van der Waals surface area contributed by atoms with Gasteiger partial charge in [-0.15, -0.1) is 0 Å². The third-order valence-corrected chi connectivity index (χ3v) is 2.92. The summed E-state index contributed by atoms with van der Waals surface area (Å²) in [7, 11) is -3.78. The average molecular weight is 208 g/mol. The number of hydrogen-bond acceptors (Lipinski definition) is 3. The van der Waals surface area contributed by atoms with Crippen molar-refractivity contribution >= 4 is 16.2 Å². The van der Waals surface area contributed by atoms with Gasteiger partial charge in [0.05, 0.1) is 5.41 Å². The van der Waals surface area contributed by atoms with Gasteiger partial charge in [-0.3, -0.25) is 4.79 Å². The summed E-state index contributed by atoms with van der Waals surface area (Å²) in [5, 5.41) is 13.5. The lowest BCUT2D eigenvalue weighted by atomic mass is 9.69.